The number of rotatable bonds is 42. The van der Waals surface area contributed by atoms with Crippen LogP contribution in [-0.4, -0.2) is 60.9 Å². The maximum atomic E-state index is 12.7. The van der Waals surface area contributed by atoms with Crippen LogP contribution in [0.4, 0.5) is 0 Å². The lowest BCUT2D eigenvalue weighted by Gasteiger charge is -2.22. The normalized spacial score (nSPS) is 12.2. The quantitative estimate of drug-likeness (QED) is 0.0496. The molecule has 0 heterocycles. The number of aliphatic hydroxyl groups is 1. The molecule has 0 aliphatic carbocycles. The van der Waals surface area contributed by atoms with Crippen LogP contribution < -0.4 is 0 Å². The van der Waals surface area contributed by atoms with E-state index in [4.69, 9.17) is 9.47 Å². The lowest BCUT2D eigenvalue weighted by atomic mass is 10.0. The molecular weight excluding hydrogens is 647 g/mol. The minimum atomic E-state index is -0.0210. The number of ether oxygens (including phenoxy) is 2. The van der Waals surface area contributed by atoms with Crippen molar-refractivity contribution in [1.82, 2.24) is 4.90 Å². The van der Waals surface area contributed by atoms with Crippen molar-refractivity contribution in [2.24, 2.45) is 5.92 Å². The van der Waals surface area contributed by atoms with Crippen LogP contribution in [0.5, 0.6) is 0 Å². The third-order valence-corrected chi connectivity index (χ3v) is 10.8. The third kappa shape index (κ3) is 35.9. The van der Waals surface area contributed by atoms with Crippen LogP contribution in [0.15, 0.2) is 0 Å². The van der Waals surface area contributed by atoms with Gasteiger partial charge in [-0.05, 0) is 77.3 Å². The Morgan fingerprint density at radius 1 is 0.500 bits per heavy atom. The second kappa shape index (κ2) is 41.0. The highest BCUT2D eigenvalue weighted by molar-refractivity contribution is 5.71. The van der Waals surface area contributed by atoms with Gasteiger partial charge in [0.05, 0.1) is 12.5 Å². The van der Waals surface area contributed by atoms with Crippen LogP contribution in [0.3, 0.4) is 0 Å². The molecule has 310 valence electrons. The fourth-order valence-corrected chi connectivity index (χ4v) is 7.21. The van der Waals surface area contributed by atoms with Gasteiger partial charge in [-0.25, -0.2) is 0 Å². The number of esters is 2. The van der Waals surface area contributed by atoms with E-state index in [1.54, 1.807) is 0 Å². The first kappa shape index (κ1) is 50.9. The molecule has 0 bridgehead atoms. The van der Waals surface area contributed by atoms with Gasteiger partial charge in [0.25, 0.3) is 0 Å². The Labute approximate surface area is 324 Å². The number of aliphatic hydroxyl groups excluding tert-OH is 1. The lowest BCUT2D eigenvalue weighted by molar-refractivity contribution is -0.150. The van der Waals surface area contributed by atoms with Crippen molar-refractivity contribution in [3.05, 3.63) is 0 Å². The Hall–Kier alpha value is -1.14. The third-order valence-electron chi connectivity index (χ3n) is 10.8. The topological polar surface area (TPSA) is 76.1 Å². The summed E-state index contributed by atoms with van der Waals surface area (Å²) >= 11 is 0. The van der Waals surface area contributed by atoms with E-state index in [1.807, 2.05) is 6.92 Å². The number of carbonyl (C=O) groups is 2. The Morgan fingerprint density at radius 2 is 0.904 bits per heavy atom. The Kier molecular flexibility index (Phi) is 40.1. The molecule has 0 saturated heterocycles. The summed E-state index contributed by atoms with van der Waals surface area (Å²) in [5.41, 5.74) is 0. The average molecular weight is 738 g/mol. The summed E-state index contributed by atoms with van der Waals surface area (Å²) in [5.74, 6) is -0.00402. The molecule has 0 aromatic heterocycles. The van der Waals surface area contributed by atoms with Gasteiger partial charge in [0.15, 0.2) is 0 Å². The monoisotopic (exact) mass is 738 g/mol. The molecule has 0 spiro atoms. The number of unbranched alkanes of at least 4 members (excludes halogenated alkanes) is 23. The highest BCUT2D eigenvalue weighted by Crippen LogP contribution is 2.19. The summed E-state index contributed by atoms with van der Waals surface area (Å²) < 4.78 is 11.6. The highest BCUT2D eigenvalue weighted by atomic mass is 16.5. The van der Waals surface area contributed by atoms with Crippen molar-refractivity contribution in [2.45, 2.75) is 246 Å². The maximum absolute atomic E-state index is 12.7. The van der Waals surface area contributed by atoms with Crippen molar-refractivity contribution >= 4 is 11.9 Å². The molecule has 1 N–H and O–H groups in total. The van der Waals surface area contributed by atoms with Gasteiger partial charge in [0.2, 0.25) is 0 Å². The number of hydrogen-bond donors (Lipinski definition) is 1. The largest absolute Gasteiger partial charge is 0.465 e. The maximum Gasteiger partial charge on any atom is 0.308 e. The molecule has 0 aliphatic heterocycles. The predicted octanol–water partition coefficient (Wildman–Crippen LogP) is 13.3. The van der Waals surface area contributed by atoms with Crippen molar-refractivity contribution in [3.63, 3.8) is 0 Å². The molecule has 0 saturated carbocycles. The highest BCUT2D eigenvalue weighted by Gasteiger charge is 2.15. The molecule has 0 fully saturated rings. The molecule has 0 radical (unpaired) electrons. The summed E-state index contributed by atoms with van der Waals surface area (Å²) in [5, 5.41) is 9.40. The lowest BCUT2D eigenvalue weighted by Crippen LogP contribution is -2.28. The summed E-state index contributed by atoms with van der Waals surface area (Å²) in [7, 11) is 0. The minimum absolute atomic E-state index is 0.00187. The number of nitrogens with zero attached hydrogens (tertiary/aromatic N) is 1. The molecule has 0 aromatic rings. The first-order valence-electron chi connectivity index (χ1n) is 23.2. The first-order chi connectivity index (χ1) is 25.5. The van der Waals surface area contributed by atoms with E-state index in [9.17, 15) is 14.7 Å². The Morgan fingerprint density at radius 3 is 1.40 bits per heavy atom. The predicted molar refractivity (Wildman–Crippen MR) is 223 cm³/mol. The zero-order valence-electron chi connectivity index (χ0n) is 35.6. The molecule has 0 amide bonds. The second-order valence-corrected chi connectivity index (χ2v) is 16.1. The summed E-state index contributed by atoms with van der Waals surface area (Å²) in [6.45, 7) is 12.7. The zero-order chi connectivity index (χ0) is 38.2. The van der Waals surface area contributed by atoms with Gasteiger partial charge in [-0.3, -0.25) is 9.59 Å². The second-order valence-electron chi connectivity index (χ2n) is 16.1. The van der Waals surface area contributed by atoms with Gasteiger partial charge in [-0.15, -0.1) is 0 Å². The Balaban J connectivity index is 4.10. The molecule has 0 aliphatic rings. The molecule has 6 heteroatoms. The summed E-state index contributed by atoms with van der Waals surface area (Å²) in [4.78, 5) is 27.6. The minimum Gasteiger partial charge on any atom is -0.465 e. The van der Waals surface area contributed by atoms with Crippen molar-refractivity contribution in [2.75, 3.05) is 32.8 Å². The fourth-order valence-electron chi connectivity index (χ4n) is 7.21. The van der Waals surface area contributed by atoms with Crippen LogP contribution in [0.25, 0.3) is 0 Å². The van der Waals surface area contributed by atoms with E-state index in [1.165, 1.54) is 141 Å². The Bertz CT molecular complexity index is 730. The molecular formula is C46H91NO5. The van der Waals surface area contributed by atoms with Crippen LogP contribution >= 0.6 is 0 Å². The van der Waals surface area contributed by atoms with Gasteiger partial charge in [-0.1, -0.05) is 169 Å². The molecule has 1 unspecified atom stereocenters. The molecule has 1 atom stereocenters. The van der Waals surface area contributed by atoms with Gasteiger partial charge < -0.3 is 19.5 Å². The van der Waals surface area contributed by atoms with Crippen LogP contribution in [0.1, 0.15) is 240 Å². The van der Waals surface area contributed by atoms with Crippen LogP contribution in [0.2, 0.25) is 0 Å². The molecule has 0 aromatic carbocycles. The molecule has 6 nitrogen and oxygen atoms in total. The van der Waals surface area contributed by atoms with Crippen LogP contribution in [0, 0.1) is 5.92 Å². The fraction of sp³-hybridized carbons (Fsp3) is 0.957. The van der Waals surface area contributed by atoms with Crippen molar-refractivity contribution in [1.29, 1.82) is 0 Å². The SMILES string of the molecule is CCCCCCCCCOC(=O)C(C)CCCCCCN(CCCO)CCCCCCCC(=O)OC(CCCCCCCC)CCCCCCCC. The van der Waals surface area contributed by atoms with E-state index in [0.29, 0.717) is 13.0 Å². The zero-order valence-corrected chi connectivity index (χ0v) is 35.6. The summed E-state index contributed by atoms with van der Waals surface area (Å²) in [6.07, 6.45) is 38.7. The number of hydrogen-bond acceptors (Lipinski definition) is 6. The van der Waals surface area contributed by atoms with Gasteiger partial charge in [0.1, 0.15) is 6.10 Å². The molecule has 52 heavy (non-hydrogen) atoms. The van der Waals surface area contributed by atoms with E-state index >= 15 is 0 Å². The van der Waals surface area contributed by atoms with E-state index in [0.717, 1.165) is 83.8 Å². The average Bonchev–Trinajstić information content (AvgIpc) is 3.14. The first-order valence-corrected chi connectivity index (χ1v) is 23.2. The summed E-state index contributed by atoms with van der Waals surface area (Å²) in [6, 6.07) is 0. The van der Waals surface area contributed by atoms with Crippen molar-refractivity contribution < 1.29 is 24.2 Å². The molecule has 0 rings (SSSR count). The van der Waals surface area contributed by atoms with E-state index < -0.39 is 0 Å². The van der Waals surface area contributed by atoms with E-state index in [-0.39, 0.29) is 30.6 Å². The van der Waals surface area contributed by atoms with Gasteiger partial charge >= 0.3 is 11.9 Å². The van der Waals surface area contributed by atoms with Gasteiger partial charge in [-0.2, -0.15) is 0 Å². The van der Waals surface area contributed by atoms with Crippen molar-refractivity contribution in [3.8, 4) is 0 Å². The van der Waals surface area contributed by atoms with E-state index in [2.05, 4.69) is 25.7 Å². The van der Waals surface area contributed by atoms with Gasteiger partial charge in [0, 0.05) is 19.6 Å². The number of carbonyl (C=O) groups excluding carboxylic acids is 2. The smallest absolute Gasteiger partial charge is 0.308 e. The standard InChI is InChI=1S/C46H91NO5/c1-5-8-11-14-17-25-32-42-51-46(50)43(4)34-26-22-24-31-39-47(40-33-41-48)38-30-23-18-21-29-37-45(49)52-44(35-27-19-15-12-9-6-2)36-28-20-16-13-10-7-3/h43-44,48H,5-42H2,1-4H3. The van der Waals surface area contributed by atoms with Crippen LogP contribution in [-0.2, 0) is 19.1 Å².